The standard InChI is InChI=1S/C21H17NO/c1-13(2)22-16-9-5-3-7-14(16)20-17(22)11-12-19-21(20)15-8-4-6-10-18(15)23-19/h3-13H,1-2H3. The van der Waals surface area contributed by atoms with Gasteiger partial charge >= 0.3 is 0 Å². The van der Waals surface area contributed by atoms with Gasteiger partial charge in [0.1, 0.15) is 11.2 Å². The van der Waals surface area contributed by atoms with Gasteiger partial charge in [0.25, 0.3) is 0 Å². The molecular weight excluding hydrogens is 282 g/mol. The highest BCUT2D eigenvalue weighted by Crippen LogP contribution is 2.40. The average Bonchev–Trinajstić information content (AvgIpc) is 3.09. The van der Waals surface area contributed by atoms with E-state index in [1.165, 1.54) is 32.6 Å². The number of hydrogen-bond donors (Lipinski definition) is 0. The molecule has 0 aliphatic heterocycles. The second kappa shape index (κ2) is 4.39. The smallest absolute Gasteiger partial charge is 0.136 e. The summed E-state index contributed by atoms with van der Waals surface area (Å²) in [7, 11) is 0. The number of hydrogen-bond acceptors (Lipinski definition) is 1. The summed E-state index contributed by atoms with van der Waals surface area (Å²) in [5.74, 6) is 0. The van der Waals surface area contributed by atoms with Crippen molar-refractivity contribution in [2.45, 2.75) is 19.9 Å². The normalized spacial score (nSPS) is 12.3. The molecule has 0 aliphatic rings. The number of furan rings is 1. The van der Waals surface area contributed by atoms with Gasteiger partial charge in [-0.15, -0.1) is 0 Å². The van der Waals surface area contributed by atoms with Crippen LogP contribution < -0.4 is 0 Å². The summed E-state index contributed by atoms with van der Waals surface area (Å²) < 4.78 is 8.49. The van der Waals surface area contributed by atoms with Crippen molar-refractivity contribution in [3.05, 3.63) is 60.7 Å². The van der Waals surface area contributed by atoms with Crippen molar-refractivity contribution in [3.8, 4) is 0 Å². The van der Waals surface area contributed by atoms with Crippen LogP contribution in [0, 0.1) is 0 Å². The fourth-order valence-corrected chi connectivity index (χ4v) is 3.86. The second-order valence-corrected chi connectivity index (χ2v) is 6.41. The Labute approximate surface area is 133 Å². The minimum absolute atomic E-state index is 0.410. The van der Waals surface area contributed by atoms with Crippen LogP contribution in [0.15, 0.2) is 65.1 Å². The molecule has 0 N–H and O–H groups in total. The Morgan fingerprint density at radius 2 is 1.43 bits per heavy atom. The second-order valence-electron chi connectivity index (χ2n) is 6.41. The number of benzene rings is 3. The monoisotopic (exact) mass is 299 g/mol. The number of nitrogens with zero attached hydrogens (tertiary/aromatic N) is 1. The zero-order valence-electron chi connectivity index (χ0n) is 13.2. The molecule has 2 heterocycles. The predicted molar refractivity (Wildman–Crippen MR) is 97.1 cm³/mol. The number of rotatable bonds is 1. The fourth-order valence-electron chi connectivity index (χ4n) is 3.86. The van der Waals surface area contributed by atoms with Crippen LogP contribution in [0.25, 0.3) is 43.7 Å². The zero-order chi connectivity index (χ0) is 15.6. The molecule has 112 valence electrons. The summed E-state index contributed by atoms with van der Waals surface area (Å²) in [6, 6.07) is 21.7. The van der Waals surface area contributed by atoms with Crippen LogP contribution in [-0.2, 0) is 0 Å². The summed E-state index contributed by atoms with van der Waals surface area (Å²) in [6.07, 6.45) is 0. The summed E-state index contributed by atoms with van der Waals surface area (Å²) in [4.78, 5) is 0. The van der Waals surface area contributed by atoms with Crippen molar-refractivity contribution >= 4 is 43.7 Å². The lowest BCUT2D eigenvalue weighted by Gasteiger charge is -2.11. The van der Waals surface area contributed by atoms with E-state index in [1.54, 1.807) is 0 Å². The van der Waals surface area contributed by atoms with Crippen LogP contribution in [0.2, 0.25) is 0 Å². The summed E-state index contributed by atoms with van der Waals surface area (Å²) in [5, 5.41) is 5.03. The molecular formula is C21H17NO. The van der Waals surface area contributed by atoms with Crippen LogP contribution in [-0.4, -0.2) is 4.57 Å². The Hall–Kier alpha value is -2.74. The maximum absolute atomic E-state index is 6.07. The highest BCUT2D eigenvalue weighted by Gasteiger charge is 2.18. The van der Waals surface area contributed by atoms with E-state index in [-0.39, 0.29) is 0 Å². The van der Waals surface area contributed by atoms with E-state index in [1.807, 2.05) is 12.1 Å². The van der Waals surface area contributed by atoms with E-state index < -0.39 is 0 Å². The molecule has 0 fully saturated rings. The number of fused-ring (bicyclic) bond motifs is 7. The van der Waals surface area contributed by atoms with Gasteiger partial charge in [-0.25, -0.2) is 0 Å². The molecule has 3 aromatic carbocycles. The molecule has 0 saturated heterocycles. The molecule has 5 aromatic rings. The molecule has 2 aromatic heterocycles. The highest BCUT2D eigenvalue weighted by molar-refractivity contribution is 6.26. The van der Waals surface area contributed by atoms with Gasteiger partial charge in [-0.1, -0.05) is 36.4 Å². The third-order valence-corrected chi connectivity index (χ3v) is 4.73. The van der Waals surface area contributed by atoms with E-state index in [0.29, 0.717) is 6.04 Å². The van der Waals surface area contributed by atoms with Gasteiger partial charge in [0.15, 0.2) is 0 Å². The van der Waals surface area contributed by atoms with E-state index in [2.05, 4.69) is 66.9 Å². The minimum atomic E-state index is 0.410. The van der Waals surface area contributed by atoms with E-state index in [4.69, 9.17) is 4.42 Å². The minimum Gasteiger partial charge on any atom is -0.456 e. The van der Waals surface area contributed by atoms with Crippen molar-refractivity contribution in [2.24, 2.45) is 0 Å². The Kier molecular flexibility index (Phi) is 2.44. The van der Waals surface area contributed by atoms with Crippen LogP contribution in [0.3, 0.4) is 0 Å². The Morgan fingerprint density at radius 3 is 2.26 bits per heavy atom. The van der Waals surface area contributed by atoms with Crippen molar-refractivity contribution in [1.29, 1.82) is 0 Å². The first-order valence-electron chi connectivity index (χ1n) is 8.08. The molecule has 2 heteroatoms. The predicted octanol–water partition coefficient (Wildman–Crippen LogP) is 6.27. The molecule has 0 bridgehead atoms. The quantitative estimate of drug-likeness (QED) is 0.356. The Balaban J connectivity index is 2.15. The molecule has 0 amide bonds. The Bertz CT molecular complexity index is 1190. The summed E-state index contributed by atoms with van der Waals surface area (Å²) in [5.41, 5.74) is 4.48. The van der Waals surface area contributed by atoms with Crippen molar-refractivity contribution in [1.82, 2.24) is 4.57 Å². The van der Waals surface area contributed by atoms with E-state index >= 15 is 0 Å². The van der Waals surface area contributed by atoms with Crippen molar-refractivity contribution in [3.63, 3.8) is 0 Å². The van der Waals surface area contributed by atoms with Gasteiger partial charge in [-0.05, 0) is 38.1 Å². The highest BCUT2D eigenvalue weighted by atomic mass is 16.3. The van der Waals surface area contributed by atoms with Crippen LogP contribution >= 0.6 is 0 Å². The maximum Gasteiger partial charge on any atom is 0.136 e. The Morgan fingerprint density at radius 1 is 0.696 bits per heavy atom. The van der Waals surface area contributed by atoms with E-state index in [9.17, 15) is 0 Å². The summed E-state index contributed by atoms with van der Waals surface area (Å²) >= 11 is 0. The molecule has 0 unspecified atom stereocenters. The molecule has 0 radical (unpaired) electrons. The summed E-state index contributed by atoms with van der Waals surface area (Å²) in [6.45, 7) is 4.48. The topological polar surface area (TPSA) is 18.1 Å². The van der Waals surface area contributed by atoms with Crippen molar-refractivity contribution in [2.75, 3.05) is 0 Å². The van der Waals surface area contributed by atoms with Gasteiger partial charge in [-0.2, -0.15) is 0 Å². The third-order valence-electron chi connectivity index (χ3n) is 4.73. The van der Waals surface area contributed by atoms with Gasteiger partial charge in [-0.3, -0.25) is 0 Å². The lowest BCUT2D eigenvalue weighted by atomic mass is 10.1. The fraction of sp³-hybridized carbons (Fsp3) is 0.143. The zero-order valence-corrected chi connectivity index (χ0v) is 13.2. The van der Waals surface area contributed by atoms with Gasteiger partial charge < -0.3 is 8.98 Å². The SMILES string of the molecule is CC(C)n1c2ccccc2c2c3c(ccc21)oc1ccccc13. The lowest BCUT2D eigenvalue weighted by molar-refractivity contribution is 0.642. The van der Waals surface area contributed by atoms with Gasteiger partial charge in [0, 0.05) is 33.1 Å². The van der Waals surface area contributed by atoms with Crippen LogP contribution in [0.4, 0.5) is 0 Å². The third kappa shape index (κ3) is 1.58. The lowest BCUT2D eigenvalue weighted by Crippen LogP contribution is -1.99. The van der Waals surface area contributed by atoms with Crippen molar-refractivity contribution < 1.29 is 4.42 Å². The van der Waals surface area contributed by atoms with Crippen LogP contribution in [0.5, 0.6) is 0 Å². The molecule has 2 nitrogen and oxygen atoms in total. The van der Waals surface area contributed by atoms with Crippen LogP contribution in [0.1, 0.15) is 19.9 Å². The first-order valence-corrected chi connectivity index (χ1v) is 8.08. The first kappa shape index (κ1) is 12.8. The number of para-hydroxylation sites is 2. The maximum atomic E-state index is 6.07. The number of aromatic nitrogens is 1. The first-order chi connectivity index (χ1) is 11.3. The largest absolute Gasteiger partial charge is 0.456 e. The van der Waals surface area contributed by atoms with E-state index in [0.717, 1.165) is 11.2 Å². The molecule has 0 atom stereocenters. The average molecular weight is 299 g/mol. The molecule has 5 rings (SSSR count). The molecule has 0 spiro atoms. The molecule has 0 aliphatic carbocycles. The molecule has 0 saturated carbocycles. The van der Waals surface area contributed by atoms with Gasteiger partial charge in [0.2, 0.25) is 0 Å². The molecule has 23 heavy (non-hydrogen) atoms. The van der Waals surface area contributed by atoms with Gasteiger partial charge in [0.05, 0.1) is 5.52 Å².